The molecule has 0 radical (unpaired) electrons. The molecule has 3 rings (SSSR count). The van der Waals surface area contributed by atoms with Gasteiger partial charge in [-0.1, -0.05) is 0 Å². The molecule has 0 saturated carbocycles. The van der Waals surface area contributed by atoms with Crippen LogP contribution in [0.4, 0.5) is 0 Å². The van der Waals surface area contributed by atoms with Crippen LogP contribution in [-0.4, -0.2) is 68.2 Å². The Morgan fingerprint density at radius 1 is 1.33 bits per heavy atom. The summed E-state index contributed by atoms with van der Waals surface area (Å²) in [5, 5.41) is 3.18. The van der Waals surface area contributed by atoms with Gasteiger partial charge in [0.05, 0.1) is 31.9 Å². The molecular weight excluding hydrogens is 270 g/mol. The number of nitrogens with one attached hydrogen (secondary N) is 1. The van der Waals surface area contributed by atoms with Gasteiger partial charge in [0.25, 0.3) is 0 Å². The summed E-state index contributed by atoms with van der Waals surface area (Å²) in [4.78, 5) is 16.9. The summed E-state index contributed by atoms with van der Waals surface area (Å²) in [5.41, 5.74) is 0. The van der Waals surface area contributed by atoms with Crippen molar-refractivity contribution in [1.82, 2.24) is 15.1 Å². The SMILES string of the molecule is CNC1COCC1C(=O)N1CCN(Cc2ccco2)CC1. The Labute approximate surface area is 125 Å². The van der Waals surface area contributed by atoms with Gasteiger partial charge in [-0.3, -0.25) is 9.69 Å². The first kappa shape index (κ1) is 14.6. The third-order valence-electron chi connectivity index (χ3n) is 4.41. The van der Waals surface area contributed by atoms with Crippen molar-refractivity contribution in [2.24, 2.45) is 5.92 Å². The summed E-state index contributed by atoms with van der Waals surface area (Å²) in [6.45, 7) is 5.34. The van der Waals surface area contributed by atoms with E-state index in [0.29, 0.717) is 13.2 Å². The number of nitrogens with zero attached hydrogens (tertiary/aromatic N) is 2. The van der Waals surface area contributed by atoms with E-state index in [2.05, 4.69) is 10.2 Å². The number of carbonyl (C=O) groups is 1. The van der Waals surface area contributed by atoms with E-state index in [9.17, 15) is 4.79 Å². The van der Waals surface area contributed by atoms with Crippen LogP contribution in [0.15, 0.2) is 22.8 Å². The zero-order valence-corrected chi connectivity index (χ0v) is 12.5. The Morgan fingerprint density at radius 2 is 2.14 bits per heavy atom. The molecular formula is C15H23N3O3. The Morgan fingerprint density at radius 3 is 2.81 bits per heavy atom. The maximum atomic E-state index is 12.6. The van der Waals surface area contributed by atoms with Crippen molar-refractivity contribution in [2.45, 2.75) is 12.6 Å². The van der Waals surface area contributed by atoms with Gasteiger partial charge in [-0.2, -0.15) is 0 Å². The molecule has 1 aromatic rings. The van der Waals surface area contributed by atoms with Gasteiger partial charge < -0.3 is 19.4 Å². The van der Waals surface area contributed by atoms with Crippen LogP contribution in [0.1, 0.15) is 5.76 Å². The predicted molar refractivity (Wildman–Crippen MR) is 77.7 cm³/mol. The van der Waals surface area contributed by atoms with E-state index < -0.39 is 0 Å². The molecule has 116 valence electrons. The number of hydrogen-bond acceptors (Lipinski definition) is 5. The third-order valence-corrected chi connectivity index (χ3v) is 4.41. The van der Waals surface area contributed by atoms with Gasteiger partial charge in [0.15, 0.2) is 0 Å². The molecule has 21 heavy (non-hydrogen) atoms. The van der Waals surface area contributed by atoms with Crippen LogP contribution in [0.3, 0.4) is 0 Å². The average molecular weight is 293 g/mol. The molecule has 6 heteroatoms. The highest BCUT2D eigenvalue weighted by Crippen LogP contribution is 2.18. The number of rotatable bonds is 4. The number of piperazine rings is 1. The molecule has 3 heterocycles. The summed E-state index contributed by atoms with van der Waals surface area (Å²) < 4.78 is 10.8. The quantitative estimate of drug-likeness (QED) is 0.857. The zero-order chi connectivity index (χ0) is 14.7. The molecule has 2 aliphatic rings. The predicted octanol–water partition coefficient (Wildman–Crippen LogP) is 0.158. The van der Waals surface area contributed by atoms with Gasteiger partial charge in [0, 0.05) is 32.2 Å². The van der Waals surface area contributed by atoms with Crippen LogP contribution in [0, 0.1) is 5.92 Å². The van der Waals surface area contributed by atoms with Crippen LogP contribution < -0.4 is 5.32 Å². The molecule has 0 bridgehead atoms. The van der Waals surface area contributed by atoms with Crippen LogP contribution >= 0.6 is 0 Å². The normalized spacial score (nSPS) is 27.2. The van der Waals surface area contributed by atoms with Crippen LogP contribution in [0.25, 0.3) is 0 Å². The summed E-state index contributed by atoms with van der Waals surface area (Å²) in [5.74, 6) is 1.17. The second-order valence-corrected chi connectivity index (χ2v) is 5.72. The second kappa shape index (κ2) is 6.60. The molecule has 1 amide bonds. The highest BCUT2D eigenvalue weighted by molar-refractivity contribution is 5.80. The number of furan rings is 1. The number of likely N-dealkylation sites (N-methyl/N-ethyl adjacent to an activating group) is 1. The minimum atomic E-state index is -0.0355. The van der Waals surface area contributed by atoms with Crippen molar-refractivity contribution in [3.63, 3.8) is 0 Å². The van der Waals surface area contributed by atoms with Crippen LogP contribution in [-0.2, 0) is 16.1 Å². The van der Waals surface area contributed by atoms with Gasteiger partial charge >= 0.3 is 0 Å². The minimum absolute atomic E-state index is 0.0355. The fraction of sp³-hybridized carbons (Fsp3) is 0.667. The van der Waals surface area contributed by atoms with Crippen molar-refractivity contribution >= 4 is 5.91 Å². The van der Waals surface area contributed by atoms with Crippen molar-refractivity contribution in [3.8, 4) is 0 Å². The smallest absolute Gasteiger partial charge is 0.229 e. The van der Waals surface area contributed by atoms with E-state index in [1.165, 1.54) is 0 Å². The van der Waals surface area contributed by atoms with Gasteiger partial charge in [-0.05, 0) is 19.2 Å². The molecule has 0 aliphatic carbocycles. The highest BCUT2D eigenvalue weighted by Gasteiger charge is 2.36. The van der Waals surface area contributed by atoms with E-state index in [-0.39, 0.29) is 17.9 Å². The summed E-state index contributed by atoms with van der Waals surface area (Å²) in [6.07, 6.45) is 1.70. The first-order chi connectivity index (χ1) is 10.3. The Hall–Kier alpha value is -1.37. The number of hydrogen-bond donors (Lipinski definition) is 1. The largest absolute Gasteiger partial charge is 0.468 e. The fourth-order valence-electron chi connectivity index (χ4n) is 3.07. The first-order valence-corrected chi connectivity index (χ1v) is 7.56. The maximum absolute atomic E-state index is 12.6. The zero-order valence-electron chi connectivity index (χ0n) is 12.5. The third kappa shape index (κ3) is 3.28. The Kier molecular flexibility index (Phi) is 4.57. The molecule has 2 atom stereocenters. The maximum Gasteiger partial charge on any atom is 0.229 e. The van der Waals surface area contributed by atoms with E-state index in [1.54, 1.807) is 6.26 Å². The topological polar surface area (TPSA) is 58.0 Å². The molecule has 0 aromatic carbocycles. The highest BCUT2D eigenvalue weighted by atomic mass is 16.5. The first-order valence-electron chi connectivity index (χ1n) is 7.56. The Balaban J connectivity index is 1.50. The monoisotopic (exact) mass is 293 g/mol. The molecule has 6 nitrogen and oxygen atoms in total. The Bertz CT molecular complexity index is 455. The summed E-state index contributed by atoms with van der Waals surface area (Å²) >= 11 is 0. The number of ether oxygens (including phenoxy) is 1. The average Bonchev–Trinajstić information content (AvgIpc) is 3.18. The van der Waals surface area contributed by atoms with Gasteiger partial charge in [-0.15, -0.1) is 0 Å². The summed E-state index contributed by atoms with van der Waals surface area (Å²) in [7, 11) is 1.89. The molecule has 2 unspecified atom stereocenters. The van der Waals surface area contributed by atoms with Gasteiger partial charge in [-0.25, -0.2) is 0 Å². The van der Waals surface area contributed by atoms with Crippen LogP contribution in [0.2, 0.25) is 0 Å². The molecule has 2 aliphatic heterocycles. The van der Waals surface area contributed by atoms with E-state index in [0.717, 1.165) is 38.5 Å². The molecule has 1 aromatic heterocycles. The molecule has 0 spiro atoms. The number of amides is 1. The number of carbonyl (C=O) groups excluding carboxylic acids is 1. The second-order valence-electron chi connectivity index (χ2n) is 5.72. The molecule has 2 saturated heterocycles. The minimum Gasteiger partial charge on any atom is -0.468 e. The fourth-order valence-corrected chi connectivity index (χ4v) is 3.07. The molecule has 2 fully saturated rings. The standard InChI is InChI=1S/C15H23N3O3/c1-16-14-11-20-10-13(14)15(19)18-6-4-17(5-7-18)9-12-3-2-8-21-12/h2-3,8,13-14,16H,4-7,9-11H2,1H3. The van der Waals surface area contributed by atoms with Gasteiger partial charge in [0.1, 0.15) is 5.76 Å². The van der Waals surface area contributed by atoms with E-state index in [4.69, 9.17) is 9.15 Å². The van der Waals surface area contributed by atoms with Crippen molar-refractivity contribution in [2.75, 3.05) is 46.4 Å². The van der Waals surface area contributed by atoms with Crippen LogP contribution in [0.5, 0.6) is 0 Å². The van der Waals surface area contributed by atoms with E-state index >= 15 is 0 Å². The lowest BCUT2D eigenvalue weighted by molar-refractivity contribution is -0.137. The van der Waals surface area contributed by atoms with Crippen molar-refractivity contribution in [1.29, 1.82) is 0 Å². The lowest BCUT2D eigenvalue weighted by Gasteiger charge is -2.36. The lowest BCUT2D eigenvalue weighted by atomic mass is 10.0. The van der Waals surface area contributed by atoms with Crippen molar-refractivity contribution < 1.29 is 13.9 Å². The lowest BCUT2D eigenvalue weighted by Crippen LogP contribution is -2.52. The van der Waals surface area contributed by atoms with E-state index in [1.807, 2.05) is 24.1 Å². The van der Waals surface area contributed by atoms with Gasteiger partial charge in [0.2, 0.25) is 5.91 Å². The molecule has 1 N–H and O–H groups in total. The van der Waals surface area contributed by atoms with Crippen molar-refractivity contribution in [3.05, 3.63) is 24.2 Å². The summed E-state index contributed by atoms with van der Waals surface area (Å²) in [6, 6.07) is 4.05.